The molecule has 2 aliphatic heterocycles. The lowest BCUT2D eigenvalue weighted by molar-refractivity contribution is 0.439. The van der Waals surface area contributed by atoms with E-state index in [4.69, 9.17) is 9.97 Å². The van der Waals surface area contributed by atoms with Crippen LogP contribution in [-0.4, -0.2) is 19.9 Å². The molecule has 0 fully saturated rings. The van der Waals surface area contributed by atoms with Crippen LogP contribution in [0.2, 0.25) is 0 Å². The summed E-state index contributed by atoms with van der Waals surface area (Å²) in [7, 11) is 0. The molecule has 0 amide bonds. The average molecular weight is 1200 g/mol. The largest absolute Gasteiger partial charge is 0.355 e. The molecule has 0 saturated carbocycles. The number of hydrogen-bond donors (Lipinski definition) is 2. The van der Waals surface area contributed by atoms with Crippen molar-refractivity contribution < 1.29 is 0 Å². The molecule has 0 radical (unpaired) electrons. The van der Waals surface area contributed by atoms with Crippen molar-refractivity contribution >= 4 is 46.4 Å². The van der Waals surface area contributed by atoms with Crippen molar-refractivity contribution in [1.82, 2.24) is 19.9 Å². The Balaban J connectivity index is 1.09. The van der Waals surface area contributed by atoms with Gasteiger partial charge in [0.15, 0.2) is 0 Å². The van der Waals surface area contributed by atoms with Gasteiger partial charge in [-0.05, 0) is 192 Å². The molecule has 0 saturated heterocycles. The fraction of sp³-hybridized carbons (Fsp3) is 0.227. The van der Waals surface area contributed by atoms with E-state index >= 15 is 0 Å². The zero-order valence-corrected chi connectivity index (χ0v) is 53.9. The molecule has 0 aliphatic carbocycles. The Morgan fingerprint density at radius 2 is 0.370 bits per heavy atom. The standard InChI is InChI=1S/C88H86N4/c1-61(73(53-65-29-13-5-14-30-65)54-66-31-15-6-16-32-66)85-77-45-47-79(89-77)86(62(2)74(55-67-33-17-7-18-34-67)56-68-35-19-8-20-36-68)81-49-51-83(91-81)88(64(4)76(59-71-41-25-11-26-42-71)60-72-43-27-12-28-44-72)84-52-50-82(92-84)87(80-48-46-78(85)90-80)63(3)75(57-69-37-21-9-22-38-69)58-70-39-23-10-24-40-70/h5-52,61-64,73-76,89,92H,53-60H2,1-4H3. The van der Waals surface area contributed by atoms with Gasteiger partial charge in [0.25, 0.3) is 0 Å². The van der Waals surface area contributed by atoms with Gasteiger partial charge in [0.2, 0.25) is 0 Å². The topological polar surface area (TPSA) is 57.4 Å². The average Bonchev–Trinajstić information content (AvgIpc) is 1.71. The highest BCUT2D eigenvalue weighted by Crippen LogP contribution is 2.43. The summed E-state index contributed by atoms with van der Waals surface area (Å²) < 4.78 is 0. The summed E-state index contributed by atoms with van der Waals surface area (Å²) in [5.41, 5.74) is 24.1. The van der Waals surface area contributed by atoms with Crippen LogP contribution in [0.3, 0.4) is 0 Å². The number of hydrogen-bond acceptors (Lipinski definition) is 2. The summed E-state index contributed by atoms with van der Waals surface area (Å²) >= 11 is 0. The van der Waals surface area contributed by atoms with E-state index in [0.29, 0.717) is 0 Å². The Hall–Kier alpha value is -9.64. The highest BCUT2D eigenvalue weighted by atomic mass is 14.8. The number of rotatable bonds is 24. The van der Waals surface area contributed by atoms with Gasteiger partial charge in [0.05, 0.1) is 22.8 Å². The number of fused-ring (bicyclic) bond motifs is 8. The van der Waals surface area contributed by atoms with Gasteiger partial charge in [-0.2, -0.15) is 0 Å². The number of aromatic nitrogens is 4. The predicted molar refractivity (Wildman–Crippen MR) is 388 cm³/mol. The zero-order valence-electron chi connectivity index (χ0n) is 53.9. The first-order chi connectivity index (χ1) is 45.2. The third-order valence-corrected chi connectivity index (χ3v) is 20.3. The first-order valence-electron chi connectivity index (χ1n) is 33.7. The number of nitrogens with zero attached hydrogens (tertiary/aromatic N) is 2. The van der Waals surface area contributed by atoms with Crippen LogP contribution in [-0.2, 0) is 51.4 Å². The summed E-state index contributed by atoms with van der Waals surface area (Å²) in [5, 5.41) is 0. The van der Waals surface area contributed by atoms with E-state index in [1.807, 2.05) is 0 Å². The molecule has 4 heteroatoms. The van der Waals surface area contributed by atoms with Gasteiger partial charge in [0.1, 0.15) is 0 Å². The first kappa shape index (κ1) is 61.2. The Bertz CT molecular complexity index is 3670. The van der Waals surface area contributed by atoms with Gasteiger partial charge in [-0.3, -0.25) is 0 Å². The van der Waals surface area contributed by atoms with Crippen LogP contribution in [0, 0.1) is 23.7 Å². The van der Waals surface area contributed by atoms with Crippen molar-refractivity contribution in [3.05, 3.63) is 356 Å². The lowest BCUT2D eigenvalue weighted by Crippen LogP contribution is -2.18. The van der Waals surface area contributed by atoms with Crippen molar-refractivity contribution in [2.45, 2.75) is 103 Å². The lowest BCUT2D eigenvalue weighted by atomic mass is 9.79. The predicted octanol–water partition coefficient (Wildman–Crippen LogP) is 21.5. The molecule has 0 spiro atoms. The molecule has 4 nitrogen and oxygen atoms in total. The lowest BCUT2D eigenvalue weighted by Gasteiger charge is -2.27. The molecule has 5 heterocycles. The van der Waals surface area contributed by atoms with Crippen LogP contribution in [0.5, 0.6) is 0 Å². The van der Waals surface area contributed by atoms with Crippen molar-refractivity contribution in [3.8, 4) is 0 Å². The number of H-pyrrole nitrogens is 2. The Morgan fingerprint density at radius 1 is 0.217 bits per heavy atom. The van der Waals surface area contributed by atoms with E-state index in [1.54, 1.807) is 0 Å². The number of benzene rings is 8. The molecule has 3 aromatic heterocycles. The quantitative estimate of drug-likeness (QED) is 0.0633. The third-order valence-electron chi connectivity index (χ3n) is 20.3. The summed E-state index contributed by atoms with van der Waals surface area (Å²) in [6, 6.07) is 98.4. The second-order valence-electron chi connectivity index (χ2n) is 26.4. The maximum absolute atomic E-state index is 6.03. The molecular weight excluding hydrogens is 1110 g/mol. The van der Waals surface area contributed by atoms with E-state index in [1.165, 1.54) is 66.8 Å². The minimum absolute atomic E-state index is 0.0808. The highest BCUT2D eigenvalue weighted by Gasteiger charge is 2.32. The molecule has 8 aromatic carbocycles. The van der Waals surface area contributed by atoms with E-state index in [2.05, 4.69) is 329 Å². The first-order valence-corrected chi connectivity index (χ1v) is 33.7. The summed E-state index contributed by atoms with van der Waals surface area (Å²) in [4.78, 5) is 20.6. The normalized spacial score (nSPS) is 13.5. The molecule has 4 atom stereocenters. The van der Waals surface area contributed by atoms with Crippen LogP contribution in [0.1, 0.15) is 141 Å². The van der Waals surface area contributed by atoms with Crippen LogP contribution in [0.25, 0.3) is 46.4 Å². The fourth-order valence-corrected chi connectivity index (χ4v) is 15.2. The van der Waals surface area contributed by atoms with Gasteiger partial charge in [-0.25, -0.2) is 9.97 Å². The van der Waals surface area contributed by atoms with Crippen LogP contribution in [0.15, 0.2) is 267 Å². The van der Waals surface area contributed by atoms with Gasteiger partial charge in [0, 0.05) is 44.3 Å². The summed E-state index contributed by atoms with van der Waals surface area (Å²) in [6.07, 6.45) is 16.7. The minimum atomic E-state index is 0.0808. The minimum Gasteiger partial charge on any atom is -0.355 e. The maximum Gasteiger partial charge on any atom is 0.0693 e. The monoisotopic (exact) mass is 1200 g/mol. The molecule has 458 valence electrons. The van der Waals surface area contributed by atoms with Gasteiger partial charge in [-0.1, -0.05) is 270 Å². The van der Waals surface area contributed by atoms with E-state index in [-0.39, 0.29) is 47.3 Å². The molecule has 2 aliphatic rings. The van der Waals surface area contributed by atoms with Gasteiger partial charge < -0.3 is 9.97 Å². The molecule has 4 unspecified atom stereocenters. The highest BCUT2D eigenvalue weighted by molar-refractivity contribution is 5.84. The summed E-state index contributed by atoms with van der Waals surface area (Å²) in [6.45, 7) is 9.87. The molecule has 13 rings (SSSR count). The SMILES string of the molecule is CC(c1c2nc(c(C(C)C(Cc3ccccc3)Cc3ccccc3)c3ccc([nH]3)c(C(C)C(Cc3ccccc3)Cc3ccccc3)c3nc(c(C(C)C(Cc4ccccc4)Cc4ccccc4)c4ccc1[nH]4)C=C3)C=C2)C(Cc1ccccc1)Cc1ccccc1. The van der Waals surface area contributed by atoms with Gasteiger partial charge >= 0.3 is 0 Å². The maximum atomic E-state index is 6.03. The van der Waals surface area contributed by atoms with Crippen LogP contribution < -0.4 is 0 Å². The number of nitrogens with one attached hydrogen (secondary N) is 2. The molecular formula is C88H86N4. The molecule has 92 heavy (non-hydrogen) atoms. The van der Waals surface area contributed by atoms with Crippen LogP contribution in [0.4, 0.5) is 0 Å². The van der Waals surface area contributed by atoms with Crippen molar-refractivity contribution in [2.75, 3.05) is 0 Å². The van der Waals surface area contributed by atoms with E-state index < -0.39 is 0 Å². The second kappa shape index (κ2) is 29.1. The van der Waals surface area contributed by atoms with Crippen LogP contribution >= 0.6 is 0 Å². The van der Waals surface area contributed by atoms with E-state index in [9.17, 15) is 0 Å². The Labute approximate surface area is 546 Å². The molecule has 8 bridgehead atoms. The second-order valence-corrected chi connectivity index (χ2v) is 26.4. The molecule has 11 aromatic rings. The Morgan fingerprint density at radius 3 is 0.522 bits per heavy atom. The van der Waals surface area contributed by atoms with Crippen molar-refractivity contribution in [1.29, 1.82) is 0 Å². The smallest absolute Gasteiger partial charge is 0.0693 e. The zero-order chi connectivity index (χ0) is 62.6. The van der Waals surface area contributed by atoms with Gasteiger partial charge in [-0.15, -0.1) is 0 Å². The molecule has 2 N–H and O–H groups in total. The number of aromatic amines is 2. The van der Waals surface area contributed by atoms with Crippen molar-refractivity contribution in [3.63, 3.8) is 0 Å². The summed E-state index contributed by atoms with van der Waals surface area (Å²) in [5.74, 6) is 1.30. The Kier molecular flexibility index (Phi) is 19.4. The third kappa shape index (κ3) is 14.6. The van der Waals surface area contributed by atoms with E-state index in [0.717, 1.165) is 96.2 Å². The fourth-order valence-electron chi connectivity index (χ4n) is 15.2. The van der Waals surface area contributed by atoms with Crippen molar-refractivity contribution in [2.24, 2.45) is 23.7 Å².